The Hall–Kier alpha value is -2.69. The van der Waals surface area contributed by atoms with Gasteiger partial charge in [0.2, 0.25) is 0 Å². The molecule has 0 unspecified atom stereocenters. The molecule has 5 heteroatoms. The van der Waals surface area contributed by atoms with Crippen LogP contribution in [0.5, 0.6) is 0 Å². The molecule has 4 nitrogen and oxygen atoms in total. The highest BCUT2D eigenvalue weighted by atomic mass is 19.1. The van der Waals surface area contributed by atoms with Gasteiger partial charge in [-0.2, -0.15) is 0 Å². The third kappa shape index (κ3) is 1.81. The second-order valence-corrected chi connectivity index (χ2v) is 5.10. The zero-order chi connectivity index (χ0) is 15.3. The van der Waals surface area contributed by atoms with Crippen LogP contribution in [-0.4, -0.2) is 11.8 Å². The molecule has 0 aromatic heterocycles. The molecular weight excluding hydrogens is 271 g/mol. The van der Waals surface area contributed by atoms with E-state index in [1.54, 1.807) is 26.0 Å². The number of nitrogens with zero attached hydrogens (tertiary/aromatic N) is 1. The van der Waals surface area contributed by atoms with E-state index in [0.29, 0.717) is 11.1 Å². The SMILES string of the molecule is Cc1ccc(C)c2c1C(=O)N(c1ccc(N)c(F)c1)C2=O. The molecule has 0 bridgehead atoms. The van der Waals surface area contributed by atoms with E-state index in [0.717, 1.165) is 22.1 Å². The summed E-state index contributed by atoms with van der Waals surface area (Å²) >= 11 is 0. The minimum absolute atomic E-state index is 0.0253. The molecular formula is C16H13FN2O2. The molecule has 0 radical (unpaired) electrons. The number of nitrogens with two attached hydrogens (primary N) is 1. The van der Waals surface area contributed by atoms with Crippen LogP contribution in [0.15, 0.2) is 30.3 Å². The van der Waals surface area contributed by atoms with E-state index in [1.807, 2.05) is 0 Å². The molecule has 2 N–H and O–H groups in total. The lowest BCUT2D eigenvalue weighted by Gasteiger charge is -2.14. The molecule has 0 saturated heterocycles. The molecule has 2 amide bonds. The number of carbonyl (C=O) groups excluding carboxylic acids is 2. The summed E-state index contributed by atoms with van der Waals surface area (Å²) in [5, 5.41) is 0. The van der Waals surface area contributed by atoms with Crippen LogP contribution in [0.1, 0.15) is 31.8 Å². The zero-order valence-corrected chi connectivity index (χ0v) is 11.6. The van der Waals surface area contributed by atoms with Crippen LogP contribution < -0.4 is 10.6 Å². The smallest absolute Gasteiger partial charge is 0.266 e. The maximum absolute atomic E-state index is 13.6. The van der Waals surface area contributed by atoms with Gasteiger partial charge in [0.15, 0.2) is 0 Å². The van der Waals surface area contributed by atoms with Gasteiger partial charge >= 0.3 is 0 Å². The van der Waals surface area contributed by atoms with Gasteiger partial charge in [-0.1, -0.05) is 12.1 Å². The van der Waals surface area contributed by atoms with E-state index in [1.165, 1.54) is 12.1 Å². The van der Waals surface area contributed by atoms with Gasteiger partial charge in [-0.05, 0) is 37.1 Å². The number of amides is 2. The van der Waals surface area contributed by atoms with Crippen molar-refractivity contribution in [3.8, 4) is 0 Å². The van der Waals surface area contributed by atoms with Crippen molar-refractivity contribution in [3.63, 3.8) is 0 Å². The number of imide groups is 1. The summed E-state index contributed by atoms with van der Waals surface area (Å²) in [4.78, 5) is 26.0. The Morgan fingerprint density at radius 2 is 1.48 bits per heavy atom. The highest BCUT2D eigenvalue weighted by Gasteiger charge is 2.39. The van der Waals surface area contributed by atoms with Crippen molar-refractivity contribution in [2.75, 3.05) is 10.6 Å². The number of hydrogen-bond acceptors (Lipinski definition) is 3. The number of rotatable bonds is 1. The molecule has 21 heavy (non-hydrogen) atoms. The first kappa shape index (κ1) is 13.3. The number of nitrogen functional groups attached to an aromatic ring is 1. The Morgan fingerprint density at radius 1 is 0.952 bits per heavy atom. The van der Waals surface area contributed by atoms with Crippen molar-refractivity contribution in [2.45, 2.75) is 13.8 Å². The number of anilines is 2. The topological polar surface area (TPSA) is 63.4 Å². The maximum atomic E-state index is 13.6. The summed E-state index contributed by atoms with van der Waals surface area (Å²) < 4.78 is 13.6. The summed E-state index contributed by atoms with van der Waals surface area (Å²) in [7, 11) is 0. The molecule has 2 aromatic rings. The number of carbonyl (C=O) groups is 2. The highest BCUT2D eigenvalue weighted by molar-refractivity contribution is 6.35. The van der Waals surface area contributed by atoms with Crippen molar-refractivity contribution in [1.82, 2.24) is 0 Å². The van der Waals surface area contributed by atoms with Crippen LogP contribution in [0.25, 0.3) is 0 Å². The molecule has 106 valence electrons. The lowest BCUT2D eigenvalue weighted by Crippen LogP contribution is -2.29. The van der Waals surface area contributed by atoms with Crippen molar-refractivity contribution >= 4 is 23.2 Å². The first-order chi connectivity index (χ1) is 9.91. The second kappa shape index (κ2) is 4.41. The fraction of sp³-hybridized carbons (Fsp3) is 0.125. The second-order valence-electron chi connectivity index (χ2n) is 5.10. The number of fused-ring (bicyclic) bond motifs is 1. The fourth-order valence-electron chi connectivity index (χ4n) is 2.57. The lowest BCUT2D eigenvalue weighted by atomic mass is 9.99. The predicted molar refractivity (Wildman–Crippen MR) is 77.9 cm³/mol. The molecule has 1 aliphatic rings. The van der Waals surface area contributed by atoms with Crippen LogP contribution in [0.4, 0.5) is 15.8 Å². The van der Waals surface area contributed by atoms with Crippen molar-refractivity contribution in [2.24, 2.45) is 0 Å². The van der Waals surface area contributed by atoms with Crippen molar-refractivity contribution < 1.29 is 14.0 Å². The van der Waals surface area contributed by atoms with Gasteiger partial charge in [0.1, 0.15) is 5.82 Å². The average Bonchev–Trinajstić information content (AvgIpc) is 2.70. The Bertz CT molecular complexity index is 758. The Morgan fingerprint density at radius 3 is 1.95 bits per heavy atom. The molecule has 2 aromatic carbocycles. The van der Waals surface area contributed by atoms with Gasteiger partial charge in [0.25, 0.3) is 11.8 Å². The van der Waals surface area contributed by atoms with Crippen LogP contribution in [0, 0.1) is 19.7 Å². The van der Waals surface area contributed by atoms with Crippen LogP contribution in [-0.2, 0) is 0 Å². The van der Waals surface area contributed by atoms with Crippen molar-refractivity contribution in [1.29, 1.82) is 0 Å². The van der Waals surface area contributed by atoms with E-state index in [2.05, 4.69) is 0 Å². The summed E-state index contributed by atoms with van der Waals surface area (Å²) in [5.74, 6) is -1.52. The van der Waals surface area contributed by atoms with Gasteiger partial charge in [0.05, 0.1) is 22.5 Å². The fourth-order valence-corrected chi connectivity index (χ4v) is 2.57. The summed E-state index contributed by atoms with van der Waals surface area (Å²) in [6.45, 7) is 3.55. The molecule has 0 fully saturated rings. The quantitative estimate of drug-likeness (QED) is 0.647. The molecule has 0 atom stereocenters. The minimum atomic E-state index is -0.655. The molecule has 1 heterocycles. The summed E-state index contributed by atoms with van der Waals surface area (Å²) in [6.07, 6.45) is 0. The van der Waals surface area contributed by atoms with Gasteiger partial charge in [0, 0.05) is 6.07 Å². The Labute approximate surface area is 121 Å². The largest absolute Gasteiger partial charge is 0.396 e. The van der Waals surface area contributed by atoms with E-state index in [4.69, 9.17) is 5.73 Å². The summed E-state index contributed by atoms with van der Waals surface area (Å²) in [5.41, 5.74) is 7.82. The standard InChI is InChI=1S/C16H13FN2O2/c1-8-3-4-9(2)14-13(8)15(20)19(16(14)21)10-5-6-12(18)11(17)7-10/h3-7H,18H2,1-2H3. The number of halogens is 1. The van der Waals surface area contributed by atoms with Gasteiger partial charge in [-0.15, -0.1) is 0 Å². The molecule has 0 saturated carbocycles. The van der Waals surface area contributed by atoms with E-state index in [9.17, 15) is 14.0 Å². The molecule has 3 rings (SSSR count). The van der Waals surface area contributed by atoms with Gasteiger partial charge in [-0.25, -0.2) is 9.29 Å². The average molecular weight is 284 g/mol. The number of benzene rings is 2. The molecule has 0 spiro atoms. The monoisotopic (exact) mass is 284 g/mol. The third-order valence-electron chi connectivity index (χ3n) is 3.70. The molecule has 1 aliphatic heterocycles. The normalized spacial score (nSPS) is 13.8. The van der Waals surface area contributed by atoms with E-state index >= 15 is 0 Å². The van der Waals surface area contributed by atoms with E-state index < -0.39 is 17.6 Å². The van der Waals surface area contributed by atoms with Crippen LogP contribution in [0.2, 0.25) is 0 Å². The van der Waals surface area contributed by atoms with Gasteiger partial charge < -0.3 is 5.73 Å². The van der Waals surface area contributed by atoms with Crippen LogP contribution >= 0.6 is 0 Å². The Balaban J connectivity index is 2.18. The first-order valence-corrected chi connectivity index (χ1v) is 6.46. The molecule has 0 aliphatic carbocycles. The number of hydrogen-bond donors (Lipinski definition) is 1. The van der Waals surface area contributed by atoms with Crippen molar-refractivity contribution in [3.05, 3.63) is 58.4 Å². The zero-order valence-electron chi connectivity index (χ0n) is 11.6. The number of aryl methyl sites for hydroxylation is 2. The maximum Gasteiger partial charge on any atom is 0.266 e. The highest BCUT2D eigenvalue weighted by Crippen LogP contribution is 2.33. The predicted octanol–water partition coefficient (Wildman–Crippen LogP) is 2.83. The van der Waals surface area contributed by atoms with E-state index in [-0.39, 0.29) is 11.4 Å². The van der Waals surface area contributed by atoms with Gasteiger partial charge in [-0.3, -0.25) is 9.59 Å². The van der Waals surface area contributed by atoms with Crippen LogP contribution in [0.3, 0.4) is 0 Å². The third-order valence-corrected chi connectivity index (χ3v) is 3.70. The first-order valence-electron chi connectivity index (χ1n) is 6.46. The summed E-state index contributed by atoms with van der Waals surface area (Å²) in [6, 6.07) is 7.50. The lowest BCUT2D eigenvalue weighted by molar-refractivity contribution is 0.0926. The minimum Gasteiger partial charge on any atom is -0.396 e. The Kier molecular flexibility index (Phi) is 2.79.